The molecule has 0 bridgehead atoms. The molecule has 172 valence electrons. The molecule has 1 amide bonds. The number of benzene rings is 1. The molecular formula is C19H24F4IN5OS. The summed E-state index contributed by atoms with van der Waals surface area (Å²) in [6.45, 7) is 2.84. The van der Waals surface area contributed by atoms with Gasteiger partial charge in [0.25, 0.3) is 0 Å². The third-order valence-corrected chi connectivity index (χ3v) is 4.99. The average molecular weight is 573 g/mol. The van der Waals surface area contributed by atoms with Gasteiger partial charge in [0.1, 0.15) is 5.82 Å². The summed E-state index contributed by atoms with van der Waals surface area (Å²) in [6.07, 6.45) is -3.84. The van der Waals surface area contributed by atoms with E-state index in [1.807, 2.05) is 6.92 Å². The monoisotopic (exact) mass is 573 g/mol. The molecule has 0 saturated heterocycles. The first-order valence-corrected chi connectivity index (χ1v) is 10.1. The Hall–Kier alpha value is -1.96. The topological polar surface area (TPSA) is 92.4 Å². The number of aromatic nitrogens is 1. The molecule has 12 heteroatoms. The number of aliphatic imine (C=N–C) groups is 1. The predicted molar refractivity (Wildman–Crippen MR) is 123 cm³/mol. The Bertz CT molecular complexity index is 858. The van der Waals surface area contributed by atoms with Crippen molar-refractivity contribution >= 4 is 47.2 Å². The van der Waals surface area contributed by atoms with Crippen LogP contribution >= 0.6 is 35.3 Å². The van der Waals surface area contributed by atoms with Gasteiger partial charge in [-0.15, -0.1) is 35.3 Å². The molecule has 2 rings (SSSR count). The number of halogens is 5. The third kappa shape index (κ3) is 9.37. The van der Waals surface area contributed by atoms with Crippen LogP contribution in [0.5, 0.6) is 0 Å². The maximum Gasteiger partial charge on any atom is 0.434 e. The number of alkyl halides is 3. The fraction of sp³-hybridized carbons (Fsp3) is 0.421. The van der Waals surface area contributed by atoms with Gasteiger partial charge in [0, 0.05) is 24.9 Å². The molecular weight excluding hydrogens is 549 g/mol. The van der Waals surface area contributed by atoms with Gasteiger partial charge < -0.3 is 16.4 Å². The first-order valence-electron chi connectivity index (χ1n) is 9.26. The number of carbonyl (C=O) groups is 1. The van der Waals surface area contributed by atoms with E-state index in [1.54, 1.807) is 12.1 Å². The zero-order valence-corrected chi connectivity index (χ0v) is 19.9. The molecule has 2 aromatic rings. The Balaban J connectivity index is 0.00000480. The molecule has 0 fully saturated rings. The van der Waals surface area contributed by atoms with Crippen LogP contribution in [0.4, 0.5) is 17.6 Å². The van der Waals surface area contributed by atoms with Crippen LogP contribution in [0, 0.1) is 11.7 Å². The molecule has 1 atom stereocenters. The molecule has 0 saturated carbocycles. The van der Waals surface area contributed by atoms with Crippen LogP contribution in [0.2, 0.25) is 0 Å². The zero-order valence-electron chi connectivity index (χ0n) is 16.7. The van der Waals surface area contributed by atoms with E-state index < -0.39 is 23.7 Å². The number of rotatable bonds is 9. The SMILES string of the molecule is CCNC(=NCC(Cc1ccc(F)cc1)C(N)=O)NCCc1nc(C(F)(F)F)cs1.I. The Morgan fingerprint density at radius 3 is 2.48 bits per heavy atom. The average Bonchev–Trinajstić information content (AvgIpc) is 3.15. The van der Waals surface area contributed by atoms with Crippen molar-refractivity contribution in [1.82, 2.24) is 15.6 Å². The summed E-state index contributed by atoms with van der Waals surface area (Å²) in [6, 6.07) is 5.79. The van der Waals surface area contributed by atoms with Crippen LogP contribution in [0.25, 0.3) is 0 Å². The fourth-order valence-corrected chi connectivity index (χ4v) is 3.35. The Kier molecular flexibility index (Phi) is 11.2. The number of nitrogens with one attached hydrogen (secondary N) is 2. The summed E-state index contributed by atoms with van der Waals surface area (Å²) in [7, 11) is 0. The Morgan fingerprint density at radius 1 is 1.26 bits per heavy atom. The van der Waals surface area contributed by atoms with Crippen LogP contribution in [0.3, 0.4) is 0 Å². The highest BCUT2D eigenvalue weighted by molar-refractivity contribution is 14.0. The Labute approximate surface area is 198 Å². The minimum absolute atomic E-state index is 0. The molecule has 1 aromatic heterocycles. The summed E-state index contributed by atoms with van der Waals surface area (Å²) in [5.41, 5.74) is 5.33. The van der Waals surface area contributed by atoms with E-state index >= 15 is 0 Å². The number of nitrogens with zero attached hydrogens (tertiary/aromatic N) is 2. The van der Waals surface area contributed by atoms with Gasteiger partial charge in [-0.05, 0) is 31.0 Å². The van der Waals surface area contributed by atoms with Crippen LogP contribution < -0.4 is 16.4 Å². The van der Waals surface area contributed by atoms with Gasteiger partial charge in [0.15, 0.2) is 11.7 Å². The van der Waals surface area contributed by atoms with Crippen molar-refractivity contribution in [3.05, 3.63) is 51.7 Å². The van der Waals surface area contributed by atoms with Crippen molar-refractivity contribution in [3.63, 3.8) is 0 Å². The van der Waals surface area contributed by atoms with E-state index in [-0.39, 0.29) is 36.3 Å². The molecule has 1 aromatic carbocycles. The molecule has 6 nitrogen and oxygen atoms in total. The van der Waals surface area contributed by atoms with Gasteiger partial charge in [-0.25, -0.2) is 9.37 Å². The lowest BCUT2D eigenvalue weighted by atomic mass is 9.99. The molecule has 0 aliphatic rings. The quantitative estimate of drug-likeness (QED) is 0.186. The lowest BCUT2D eigenvalue weighted by Crippen LogP contribution is -2.39. The fourth-order valence-electron chi connectivity index (χ4n) is 2.55. The minimum Gasteiger partial charge on any atom is -0.369 e. The number of primary amides is 1. The molecule has 4 N–H and O–H groups in total. The van der Waals surface area contributed by atoms with Gasteiger partial charge in [-0.3, -0.25) is 9.79 Å². The summed E-state index contributed by atoms with van der Waals surface area (Å²) in [5.74, 6) is -1.07. The van der Waals surface area contributed by atoms with Gasteiger partial charge in [-0.1, -0.05) is 12.1 Å². The molecule has 0 radical (unpaired) electrons. The van der Waals surface area contributed by atoms with E-state index in [9.17, 15) is 22.4 Å². The number of hydrogen-bond acceptors (Lipinski definition) is 4. The second-order valence-electron chi connectivity index (χ2n) is 6.45. The normalized spacial score (nSPS) is 12.7. The van der Waals surface area contributed by atoms with Crippen molar-refractivity contribution in [2.75, 3.05) is 19.6 Å². The van der Waals surface area contributed by atoms with E-state index in [4.69, 9.17) is 5.73 Å². The number of amides is 1. The second kappa shape index (κ2) is 12.8. The van der Waals surface area contributed by atoms with Crippen molar-refractivity contribution < 1.29 is 22.4 Å². The van der Waals surface area contributed by atoms with Crippen LogP contribution in [0.15, 0.2) is 34.6 Å². The summed E-state index contributed by atoms with van der Waals surface area (Å²) < 4.78 is 50.9. The summed E-state index contributed by atoms with van der Waals surface area (Å²) >= 11 is 0.947. The standard InChI is InChI=1S/C19H23F4N5OS.HI/c1-2-25-18(26-8-7-16-28-15(11-30-16)19(21,22)23)27-10-13(17(24)29)9-12-3-5-14(20)6-4-12;/h3-6,11,13H,2,7-10H2,1H3,(H2,24,29)(H2,25,26,27);1H. The highest BCUT2D eigenvalue weighted by Gasteiger charge is 2.33. The molecule has 0 aliphatic heterocycles. The largest absolute Gasteiger partial charge is 0.434 e. The highest BCUT2D eigenvalue weighted by Crippen LogP contribution is 2.30. The first-order chi connectivity index (χ1) is 14.2. The van der Waals surface area contributed by atoms with Crippen molar-refractivity contribution in [2.45, 2.75) is 25.9 Å². The van der Waals surface area contributed by atoms with Crippen molar-refractivity contribution in [2.24, 2.45) is 16.6 Å². The van der Waals surface area contributed by atoms with Gasteiger partial charge >= 0.3 is 6.18 Å². The van der Waals surface area contributed by atoms with E-state index in [2.05, 4.69) is 20.6 Å². The second-order valence-corrected chi connectivity index (χ2v) is 7.39. The number of hydrogen-bond donors (Lipinski definition) is 3. The maximum absolute atomic E-state index is 13.0. The summed E-state index contributed by atoms with van der Waals surface area (Å²) in [5, 5.41) is 7.36. The van der Waals surface area contributed by atoms with Gasteiger partial charge in [0.2, 0.25) is 5.91 Å². The van der Waals surface area contributed by atoms with Crippen LogP contribution in [-0.4, -0.2) is 36.5 Å². The van der Waals surface area contributed by atoms with E-state index in [0.29, 0.717) is 36.9 Å². The number of carbonyl (C=O) groups excluding carboxylic acids is 1. The van der Waals surface area contributed by atoms with Crippen molar-refractivity contribution in [1.29, 1.82) is 0 Å². The number of thiazole rings is 1. The van der Waals surface area contributed by atoms with Crippen LogP contribution in [-0.2, 0) is 23.8 Å². The third-order valence-electron chi connectivity index (χ3n) is 4.09. The first kappa shape index (κ1) is 27.1. The molecule has 0 spiro atoms. The summed E-state index contributed by atoms with van der Waals surface area (Å²) in [4.78, 5) is 19.7. The lowest BCUT2D eigenvalue weighted by molar-refractivity contribution is -0.140. The maximum atomic E-state index is 13.0. The predicted octanol–water partition coefficient (Wildman–Crippen LogP) is 3.36. The van der Waals surface area contributed by atoms with Crippen molar-refractivity contribution in [3.8, 4) is 0 Å². The van der Waals surface area contributed by atoms with Crippen LogP contribution in [0.1, 0.15) is 23.2 Å². The van der Waals surface area contributed by atoms with E-state index in [0.717, 1.165) is 22.3 Å². The molecule has 1 unspecified atom stereocenters. The minimum atomic E-state index is -4.45. The van der Waals surface area contributed by atoms with E-state index in [1.165, 1.54) is 12.1 Å². The number of nitrogens with two attached hydrogens (primary N) is 1. The highest BCUT2D eigenvalue weighted by atomic mass is 127. The molecule has 1 heterocycles. The molecule has 0 aliphatic carbocycles. The van der Waals surface area contributed by atoms with Gasteiger partial charge in [-0.2, -0.15) is 13.2 Å². The zero-order chi connectivity index (χ0) is 22.1. The molecule has 31 heavy (non-hydrogen) atoms. The smallest absolute Gasteiger partial charge is 0.369 e. The Morgan fingerprint density at radius 2 is 1.94 bits per heavy atom. The number of guanidine groups is 1. The lowest BCUT2D eigenvalue weighted by Gasteiger charge is -2.14. The van der Waals surface area contributed by atoms with Gasteiger partial charge in [0.05, 0.1) is 17.5 Å².